The lowest BCUT2D eigenvalue weighted by Gasteiger charge is -2.14. The normalized spacial score (nSPS) is 20.2. The van der Waals surface area contributed by atoms with Crippen molar-refractivity contribution < 1.29 is 19.4 Å². The van der Waals surface area contributed by atoms with E-state index in [1.807, 2.05) is 13.8 Å². The molecule has 4 heteroatoms. The van der Waals surface area contributed by atoms with Crippen molar-refractivity contribution in [2.24, 2.45) is 5.92 Å². The largest absolute Gasteiger partial charge is 0.504 e. The van der Waals surface area contributed by atoms with Gasteiger partial charge in [0.2, 0.25) is 0 Å². The molecule has 1 heterocycles. The number of benzene rings is 1. The van der Waals surface area contributed by atoms with E-state index in [0.29, 0.717) is 24.5 Å². The van der Waals surface area contributed by atoms with Crippen molar-refractivity contribution >= 4 is 5.78 Å². The molecule has 1 fully saturated rings. The van der Waals surface area contributed by atoms with Gasteiger partial charge in [-0.3, -0.25) is 4.79 Å². The van der Waals surface area contributed by atoms with Gasteiger partial charge in [0.05, 0.1) is 13.2 Å². The molecule has 0 aliphatic carbocycles. The summed E-state index contributed by atoms with van der Waals surface area (Å²) in [5, 5.41) is 9.94. The molecular weight excluding hydrogens is 244 g/mol. The Balaban J connectivity index is 2.10. The van der Waals surface area contributed by atoms with E-state index in [9.17, 15) is 9.90 Å². The van der Waals surface area contributed by atoms with Crippen molar-refractivity contribution in [3.8, 4) is 11.5 Å². The maximum Gasteiger partial charge on any atom is 0.165 e. The number of hydrogen-bond donors (Lipinski definition) is 1. The summed E-state index contributed by atoms with van der Waals surface area (Å²) >= 11 is 0. The summed E-state index contributed by atoms with van der Waals surface area (Å²) in [6.07, 6.45) is 1.60. The van der Waals surface area contributed by atoms with Crippen molar-refractivity contribution in [2.45, 2.75) is 32.8 Å². The molecule has 0 bridgehead atoms. The number of carbonyl (C=O) groups excluding carboxylic acids is 1. The van der Waals surface area contributed by atoms with Crippen LogP contribution >= 0.6 is 0 Å². The Kier molecular flexibility index (Phi) is 4.43. The van der Waals surface area contributed by atoms with E-state index in [0.717, 1.165) is 12.8 Å². The van der Waals surface area contributed by atoms with Crippen LogP contribution in [0.25, 0.3) is 0 Å². The predicted octanol–water partition coefficient (Wildman–Crippen LogP) is 2.79. The van der Waals surface area contributed by atoms with Crippen molar-refractivity contribution in [1.82, 2.24) is 0 Å². The van der Waals surface area contributed by atoms with Crippen LogP contribution < -0.4 is 4.74 Å². The number of hydrogen-bond acceptors (Lipinski definition) is 4. The third kappa shape index (κ3) is 3.26. The summed E-state index contributed by atoms with van der Waals surface area (Å²) in [7, 11) is 0. The fourth-order valence-electron chi connectivity index (χ4n) is 2.03. The maximum atomic E-state index is 12.0. The number of Topliss-reactive ketones (excluding diaryl/α,β-unsaturated/α-hetero) is 1. The van der Waals surface area contributed by atoms with Gasteiger partial charge in [0, 0.05) is 17.9 Å². The molecule has 1 aliphatic rings. The number of aromatic hydroxyl groups is 1. The lowest BCUT2D eigenvalue weighted by molar-refractivity contribution is 0.0926. The molecule has 2 atom stereocenters. The van der Waals surface area contributed by atoms with Gasteiger partial charge in [-0.1, -0.05) is 13.8 Å². The minimum atomic E-state index is -0.0330. The number of ketones is 1. The third-order valence-corrected chi connectivity index (χ3v) is 3.48. The Morgan fingerprint density at radius 3 is 2.95 bits per heavy atom. The van der Waals surface area contributed by atoms with Gasteiger partial charge in [-0.15, -0.1) is 0 Å². The average molecular weight is 264 g/mol. The van der Waals surface area contributed by atoms with Crippen LogP contribution in [0.15, 0.2) is 18.2 Å². The van der Waals surface area contributed by atoms with Crippen molar-refractivity contribution in [1.29, 1.82) is 0 Å². The first-order valence-corrected chi connectivity index (χ1v) is 6.73. The second kappa shape index (κ2) is 6.06. The highest BCUT2D eigenvalue weighted by atomic mass is 16.5. The molecule has 1 aliphatic heterocycles. The Hall–Kier alpha value is -1.55. The minimum absolute atomic E-state index is 0.0120. The SMILES string of the molecule is CC[C@@H](C)C(=O)c1ccc(OC2CCOC2)c(O)c1. The highest BCUT2D eigenvalue weighted by molar-refractivity contribution is 5.98. The molecule has 104 valence electrons. The highest BCUT2D eigenvalue weighted by Gasteiger charge is 2.20. The number of phenolic OH excluding ortho intramolecular Hbond substituents is 1. The van der Waals surface area contributed by atoms with Gasteiger partial charge >= 0.3 is 0 Å². The van der Waals surface area contributed by atoms with E-state index in [1.165, 1.54) is 6.07 Å². The molecule has 0 amide bonds. The van der Waals surface area contributed by atoms with Crippen LogP contribution in [0.4, 0.5) is 0 Å². The van der Waals surface area contributed by atoms with Crippen LogP contribution in [-0.4, -0.2) is 30.2 Å². The second-order valence-electron chi connectivity index (χ2n) is 4.96. The average Bonchev–Trinajstić information content (AvgIpc) is 2.92. The third-order valence-electron chi connectivity index (χ3n) is 3.48. The van der Waals surface area contributed by atoms with E-state index in [2.05, 4.69) is 0 Å². The van der Waals surface area contributed by atoms with Gasteiger partial charge in [-0.05, 0) is 24.6 Å². The van der Waals surface area contributed by atoms with E-state index in [4.69, 9.17) is 9.47 Å². The summed E-state index contributed by atoms with van der Waals surface area (Å²) < 4.78 is 10.9. The van der Waals surface area contributed by atoms with E-state index in [1.54, 1.807) is 12.1 Å². The molecule has 19 heavy (non-hydrogen) atoms. The topological polar surface area (TPSA) is 55.8 Å². The Bertz CT molecular complexity index is 449. The highest BCUT2D eigenvalue weighted by Crippen LogP contribution is 2.30. The van der Waals surface area contributed by atoms with Gasteiger partial charge < -0.3 is 14.6 Å². The molecule has 0 saturated carbocycles. The number of phenols is 1. The van der Waals surface area contributed by atoms with Crippen molar-refractivity contribution in [3.63, 3.8) is 0 Å². The summed E-state index contributed by atoms with van der Waals surface area (Å²) in [4.78, 5) is 12.0. The van der Waals surface area contributed by atoms with Gasteiger partial charge in [0.25, 0.3) is 0 Å². The monoisotopic (exact) mass is 264 g/mol. The lowest BCUT2D eigenvalue weighted by Crippen LogP contribution is -2.16. The molecule has 1 saturated heterocycles. The predicted molar refractivity (Wildman–Crippen MR) is 71.7 cm³/mol. The standard InChI is InChI=1S/C15H20O4/c1-3-10(2)15(17)11-4-5-14(13(16)8-11)19-12-6-7-18-9-12/h4-5,8,10,12,16H,3,6-7,9H2,1-2H3/t10-,12?/m1/s1. The zero-order valence-corrected chi connectivity index (χ0v) is 11.4. The van der Waals surface area contributed by atoms with Crippen LogP contribution in [0.2, 0.25) is 0 Å². The smallest absolute Gasteiger partial charge is 0.165 e. The Morgan fingerprint density at radius 2 is 2.37 bits per heavy atom. The van der Waals surface area contributed by atoms with Crippen LogP contribution in [0.5, 0.6) is 11.5 Å². The van der Waals surface area contributed by atoms with Gasteiger partial charge in [-0.25, -0.2) is 0 Å². The van der Waals surface area contributed by atoms with Gasteiger partial charge in [0.15, 0.2) is 17.3 Å². The molecule has 1 aromatic carbocycles. The van der Waals surface area contributed by atoms with E-state index >= 15 is 0 Å². The molecule has 1 aromatic rings. The van der Waals surface area contributed by atoms with Crippen LogP contribution in [0.1, 0.15) is 37.0 Å². The molecule has 0 spiro atoms. The summed E-state index contributed by atoms with van der Waals surface area (Å²) in [6.45, 7) is 5.10. The Morgan fingerprint density at radius 1 is 1.58 bits per heavy atom. The minimum Gasteiger partial charge on any atom is -0.504 e. The van der Waals surface area contributed by atoms with Gasteiger partial charge in [-0.2, -0.15) is 0 Å². The number of carbonyl (C=O) groups is 1. The molecule has 2 rings (SSSR count). The quantitative estimate of drug-likeness (QED) is 0.831. The summed E-state index contributed by atoms with van der Waals surface area (Å²) in [5.74, 6) is 0.445. The molecule has 0 aromatic heterocycles. The molecular formula is C15H20O4. The first-order valence-electron chi connectivity index (χ1n) is 6.73. The van der Waals surface area contributed by atoms with Crippen LogP contribution in [-0.2, 0) is 4.74 Å². The van der Waals surface area contributed by atoms with Crippen LogP contribution in [0.3, 0.4) is 0 Å². The first-order chi connectivity index (χ1) is 9.11. The molecule has 1 unspecified atom stereocenters. The zero-order chi connectivity index (χ0) is 13.8. The lowest BCUT2D eigenvalue weighted by atomic mass is 9.97. The van der Waals surface area contributed by atoms with Crippen LogP contribution in [0, 0.1) is 5.92 Å². The van der Waals surface area contributed by atoms with Crippen molar-refractivity contribution in [3.05, 3.63) is 23.8 Å². The first kappa shape index (κ1) is 13.9. The fourth-order valence-corrected chi connectivity index (χ4v) is 2.03. The number of rotatable bonds is 5. The zero-order valence-electron chi connectivity index (χ0n) is 11.4. The van der Waals surface area contributed by atoms with Crippen molar-refractivity contribution in [2.75, 3.05) is 13.2 Å². The number of ether oxygens (including phenoxy) is 2. The molecule has 4 nitrogen and oxygen atoms in total. The van der Waals surface area contributed by atoms with E-state index < -0.39 is 0 Å². The molecule has 1 N–H and O–H groups in total. The second-order valence-corrected chi connectivity index (χ2v) is 4.96. The van der Waals surface area contributed by atoms with E-state index in [-0.39, 0.29) is 23.6 Å². The summed E-state index contributed by atoms with van der Waals surface area (Å²) in [6, 6.07) is 4.85. The maximum absolute atomic E-state index is 12.0. The summed E-state index contributed by atoms with van der Waals surface area (Å²) in [5.41, 5.74) is 0.530. The fraction of sp³-hybridized carbons (Fsp3) is 0.533. The molecule has 0 radical (unpaired) electrons. The Labute approximate surface area is 113 Å². The van der Waals surface area contributed by atoms with Gasteiger partial charge in [0.1, 0.15) is 6.10 Å².